The molecule has 1 aromatic heterocycles. The quantitative estimate of drug-likeness (QED) is 0.588. The Morgan fingerprint density at radius 1 is 0.724 bits per heavy atom. The third-order valence-electron chi connectivity index (χ3n) is 4.20. The van der Waals surface area contributed by atoms with E-state index in [2.05, 4.69) is 0 Å². The van der Waals surface area contributed by atoms with Gasteiger partial charge in [-0.2, -0.15) is 0 Å². The molecular weight excluding hydrogens is 372 g/mol. The lowest BCUT2D eigenvalue weighted by atomic mass is 9.97. The molecule has 0 saturated carbocycles. The highest BCUT2D eigenvalue weighted by Gasteiger charge is 2.23. The molecule has 148 valence electrons. The molecule has 0 aliphatic heterocycles. The molecule has 0 bridgehead atoms. The van der Waals surface area contributed by atoms with Gasteiger partial charge in [0.2, 0.25) is 5.43 Å². The maximum atomic E-state index is 13.6. The summed E-state index contributed by atoms with van der Waals surface area (Å²) in [7, 11) is 0. The molecular formula is C23H20O6. The summed E-state index contributed by atoms with van der Waals surface area (Å²) < 4.78 is 16.2. The summed E-state index contributed by atoms with van der Waals surface area (Å²) in [5.41, 5.74) is 1.59. The zero-order valence-corrected chi connectivity index (χ0v) is 16.1. The van der Waals surface area contributed by atoms with Crippen LogP contribution in [0.4, 0.5) is 0 Å². The Morgan fingerprint density at radius 3 is 1.45 bits per heavy atom. The SMILES string of the molecule is CC(=O)OCc1oc(COC(C)=O)c(-c2ccccc2)c(=O)c1-c1ccccc1. The molecule has 0 atom stereocenters. The van der Waals surface area contributed by atoms with Gasteiger partial charge in [0.05, 0.1) is 11.1 Å². The highest BCUT2D eigenvalue weighted by Crippen LogP contribution is 2.29. The molecule has 0 spiro atoms. The molecule has 1 heterocycles. The van der Waals surface area contributed by atoms with E-state index in [-0.39, 0.29) is 30.2 Å². The van der Waals surface area contributed by atoms with E-state index in [9.17, 15) is 14.4 Å². The van der Waals surface area contributed by atoms with E-state index in [1.807, 2.05) is 12.1 Å². The van der Waals surface area contributed by atoms with E-state index >= 15 is 0 Å². The van der Waals surface area contributed by atoms with E-state index in [4.69, 9.17) is 13.9 Å². The van der Waals surface area contributed by atoms with Crippen molar-refractivity contribution in [1.82, 2.24) is 0 Å². The molecule has 0 unspecified atom stereocenters. The van der Waals surface area contributed by atoms with Crippen molar-refractivity contribution in [1.29, 1.82) is 0 Å². The number of rotatable bonds is 6. The molecule has 0 fully saturated rings. The highest BCUT2D eigenvalue weighted by molar-refractivity contribution is 5.75. The summed E-state index contributed by atoms with van der Waals surface area (Å²) in [6, 6.07) is 18.0. The molecule has 0 aliphatic rings. The van der Waals surface area contributed by atoms with Gasteiger partial charge < -0.3 is 13.9 Å². The molecule has 6 nitrogen and oxygen atoms in total. The van der Waals surface area contributed by atoms with Crippen molar-refractivity contribution in [2.24, 2.45) is 0 Å². The van der Waals surface area contributed by atoms with E-state index in [1.165, 1.54) is 13.8 Å². The van der Waals surface area contributed by atoms with Crippen LogP contribution >= 0.6 is 0 Å². The van der Waals surface area contributed by atoms with Crippen LogP contribution in [0.3, 0.4) is 0 Å². The average molecular weight is 392 g/mol. The van der Waals surface area contributed by atoms with Crippen LogP contribution in [0, 0.1) is 0 Å². The van der Waals surface area contributed by atoms with Crippen LogP contribution in [0.5, 0.6) is 0 Å². The molecule has 0 amide bonds. The number of benzene rings is 2. The monoisotopic (exact) mass is 392 g/mol. The van der Waals surface area contributed by atoms with E-state index in [0.717, 1.165) is 0 Å². The zero-order chi connectivity index (χ0) is 20.8. The van der Waals surface area contributed by atoms with Gasteiger partial charge in [-0.1, -0.05) is 60.7 Å². The van der Waals surface area contributed by atoms with Crippen LogP contribution in [0.1, 0.15) is 25.4 Å². The van der Waals surface area contributed by atoms with E-state index in [1.54, 1.807) is 48.5 Å². The Morgan fingerprint density at radius 2 is 1.10 bits per heavy atom. The number of carbonyl (C=O) groups excluding carboxylic acids is 2. The van der Waals surface area contributed by atoms with Gasteiger partial charge in [-0.05, 0) is 11.1 Å². The number of esters is 2. The smallest absolute Gasteiger partial charge is 0.303 e. The van der Waals surface area contributed by atoms with Crippen molar-refractivity contribution in [3.8, 4) is 22.3 Å². The van der Waals surface area contributed by atoms with Crippen LogP contribution in [0.25, 0.3) is 22.3 Å². The Labute approximate surface area is 167 Å². The molecule has 0 aliphatic carbocycles. The lowest BCUT2D eigenvalue weighted by molar-refractivity contribution is -0.142. The van der Waals surface area contributed by atoms with Crippen molar-refractivity contribution in [3.63, 3.8) is 0 Å². The first-order valence-corrected chi connectivity index (χ1v) is 9.03. The molecule has 0 N–H and O–H groups in total. The lowest BCUT2D eigenvalue weighted by Crippen LogP contribution is -2.16. The lowest BCUT2D eigenvalue weighted by Gasteiger charge is -2.15. The van der Waals surface area contributed by atoms with Gasteiger partial charge in [0.25, 0.3) is 0 Å². The van der Waals surface area contributed by atoms with Gasteiger partial charge in [0.1, 0.15) is 13.2 Å². The maximum Gasteiger partial charge on any atom is 0.303 e. The van der Waals surface area contributed by atoms with Crippen LogP contribution in [0.2, 0.25) is 0 Å². The molecule has 6 heteroatoms. The van der Waals surface area contributed by atoms with Crippen molar-refractivity contribution in [3.05, 3.63) is 82.4 Å². The molecule has 3 rings (SSSR count). The average Bonchev–Trinajstić information content (AvgIpc) is 2.71. The van der Waals surface area contributed by atoms with Crippen LogP contribution in [-0.4, -0.2) is 11.9 Å². The van der Waals surface area contributed by atoms with E-state index in [0.29, 0.717) is 22.3 Å². The van der Waals surface area contributed by atoms with E-state index < -0.39 is 11.9 Å². The minimum atomic E-state index is -0.500. The fourth-order valence-corrected chi connectivity index (χ4v) is 2.96. The van der Waals surface area contributed by atoms with Gasteiger partial charge in [0, 0.05) is 13.8 Å². The summed E-state index contributed by atoms with van der Waals surface area (Å²) >= 11 is 0. The van der Waals surface area contributed by atoms with Crippen LogP contribution in [-0.2, 0) is 32.3 Å². The van der Waals surface area contributed by atoms with Gasteiger partial charge in [-0.15, -0.1) is 0 Å². The minimum absolute atomic E-state index is 0.193. The second kappa shape index (κ2) is 9.01. The summed E-state index contributed by atoms with van der Waals surface area (Å²) in [5.74, 6) is -0.614. The van der Waals surface area contributed by atoms with Crippen LogP contribution in [0.15, 0.2) is 69.9 Å². The number of hydrogen-bond donors (Lipinski definition) is 0. The van der Waals surface area contributed by atoms with Gasteiger partial charge in [-0.3, -0.25) is 14.4 Å². The number of carbonyl (C=O) groups is 2. The first kappa shape index (κ1) is 20.1. The highest BCUT2D eigenvalue weighted by atomic mass is 16.5. The molecule has 3 aromatic rings. The largest absolute Gasteiger partial charge is 0.458 e. The van der Waals surface area contributed by atoms with Crippen LogP contribution < -0.4 is 5.43 Å². The van der Waals surface area contributed by atoms with Gasteiger partial charge in [-0.25, -0.2) is 0 Å². The number of ether oxygens (including phenoxy) is 2. The Bertz CT molecular complexity index is 985. The third-order valence-corrected chi connectivity index (χ3v) is 4.20. The fraction of sp³-hybridized carbons (Fsp3) is 0.174. The van der Waals surface area contributed by atoms with Crippen molar-refractivity contribution >= 4 is 11.9 Å². The van der Waals surface area contributed by atoms with Crippen molar-refractivity contribution < 1.29 is 23.5 Å². The van der Waals surface area contributed by atoms with Crippen molar-refractivity contribution in [2.45, 2.75) is 27.1 Å². The Hall–Kier alpha value is -3.67. The molecule has 2 aromatic carbocycles. The standard InChI is InChI=1S/C23H20O6/c1-15(24)27-13-19-21(17-9-5-3-6-10-17)23(26)22(18-11-7-4-8-12-18)20(29-19)14-28-16(2)25/h3-12H,13-14H2,1-2H3. The Kier molecular flexibility index (Phi) is 6.24. The maximum absolute atomic E-state index is 13.6. The first-order valence-electron chi connectivity index (χ1n) is 9.03. The van der Waals surface area contributed by atoms with Gasteiger partial charge >= 0.3 is 11.9 Å². The fourth-order valence-electron chi connectivity index (χ4n) is 2.96. The zero-order valence-electron chi connectivity index (χ0n) is 16.1. The summed E-state index contributed by atoms with van der Waals surface area (Å²) in [5, 5.41) is 0. The molecule has 29 heavy (non-hydrogen) atoms. The molecule has 0 radical (unpaired) electrons. The third kappa shape index (κ3) is 4.79. The summed E-state index contributed by atoms with van der Waals surface area (Å²) in [6.07, 6.45) is 0. The molecule has 0 saturated heterocycles. The number of hydrogen-bond acceptors (Lipinski definition) is 6. The second-order valence-electron chi connectivity index (χ2n) is 6.32. The predicted octanol–water partition coefficient (Wildman–Crippen LogP) is 4.10. The van der Waals surface area contributed by atoms with Crippen molar-refractivity contribution in [2.75, 3.05) is 0 Å². The summed E-state index contributed by atoms with van der Waals surface area (Å²) in [6.45, 7) is 2.13. The Balaban J connectivity index is 2.26. The predicted molar refractivity (Wildman–Crippen MR) is 107 cm³/mol. The normalized spacial score (nSPS) is 10.4. The topological polar surface area (TPSA) is 82.8 Å². The minimum Gasteiger partial charge on any atom is -0.458 e. The first-order chi connectivity index (χ1) is 14.0. The second-order valence-corrected chi connectivity index (χ2v) is 6.32. The summed E-state index contributed by atoms with van der Waals surface area (Å²) in [4.78, 5) is 36.2. The van der Waals surface area contributed by atoms with Gasteiger partial charge in [0.15, 0.2) is 11.5 Å².